The number of piperidine rings is 1. The Bertz CT molecular complexity index is 941. The van der Waals surface area contributed by atoms with Gasteiger partial charge in [-0.15, -0.1) is 4.13 Å². The third kappa shape index (κ3) is 4.70. The molecule has 196 valence electrons. The van der Waals surface area contributed by atoms with Crippen molar-refractivity contribution in [3.05, 3.63) is 0 Å². The number of alkyl halides is 9. The third-order valence-corrected chi connectivity index (χ3v) is 11.1. The molecule has 3 unspecified atom stereocenters. The Balaban J connectivity index is 2.39. The van der Waals surface area contributed by atoms with Crippen LogP contribution in [0.4, 0.5) is 39.5 Å². The number of sulfonamides is 2. The minimum Gasteiger partial charge on any atom is -0.213 e. The molecule has 2 aliphatic rings. The Labute approximate surface area is 189 Å². The number of quaternary nitrogens is 1. The van der Waals surface area contributed by atoms with Gasteiger partial charge in [-0.05, 0) is 25.7 Å². The van der Waals surface area contributed by atoms with Crippen LogP contribution in [0, 0.1) is 11.8 Å². The molecule has 33 heavy (non-hydrogen) atoms. The van der Waals surface area contributed by atoms with Crippen molar-refractivity contribution >= 4 is 32.0 Å². The lowest BCUT2D eigenvalue weighted by atomic mass is 9.75. The average molecular weight is 562 g/mol. The largest absolute Gasteiger partial charge is 0.512 e. The number of nitrogens with one attached hydrogen (secondary N) is 1. The molecule has 3 atom stereocenters. The van der Waals surface area contributed by atoms with E-state index in [1.807, 2.05) is 0 Å². The van der Waals surface area contributed by atoms with Crippen LogP contribution >= 0.6 is 11.9 Å². The minimum atomic E-state index is -6.76. The van der Waals surface area contributed by atoms with Crippen LogP contribution in [0.15, 0.2) is 0 Å². The number of hydrogen-bond donors (Lipinski definition) is 1. The van der Waals surface area contributed by atoms with Crippen molar-refractivity contribution in [3.63, 3.8) is 0 Å². The van der Waals surface area contributed by atoms with Gasteiger partial charge < -0.3 is 0 Å². The molecule has 1 saturated heterocycles. The van der Waals surface area contributed by atoms with Gasteiger partial charge in [-0.3, -0.25) is 0 Å². The van der Waals surface area contributed by atoms with Gasteiger partial charge in [0.15, 0.2) is 0 Å². The summed E-state index contributed by atoms with van der Waals surface area (Å²) < 4.78 is 168. The summed E-state index contributed by atoms with van der Waals surface area (Å²) in [6.07, 6.45) is 2.72. The van der Waals surface area contributed by atoms with E-state index in [1.54, 1.807) is 0 Å². The monoisotopic (exact) mass is 561 g/mol. The molecule has 1 aliphatic carbocycles. The average Bonchev–Trinajstić information content (AvgIpc) is 2.70. The highest BCUT2D eigenvalue weighted by atomic mass is 32.3. The van der Waals surface area contributed by atoms with Crippen molar-refractivity contribution in [3.8, 4) is 0 Å². The highest BCUT2D eigenvalue weighted by molar-refractivity contribution is 8.10. The van der Waals surface area contributed by atoms with Gasteiger partial charge in [-0.1, -0.05) is 12.8 Å². The quantitative estimate of drug-likeness (QED) is 0.272. The zero-order valence-electron chi connectivity index (χ0n) is 17.0. The van der Waals surface area contributed by atoms with E-state index in [2.05, 4.69) is 0 Å². The van der Waals surface area contributed by atoms with Gasteiger partial charge >= 0.3 is 42.0 Å². The molecule has 1 heterocycles. The number of fused-ring (bicyclic) bond motifs is 1. The molecular formula is C15H22F9N2O4S3+. The van der Waals surface area contributed by atoms with Gasteiger partial charge in [0, 0.05) is 24.3 Å². The SMILES string of the molecule is CC[N+]1(S(=O)(=O)C(F)(F)C(F)(F)C(F)(F)SNS(=O)(=O)C(F)(F)F)CCC2CCCCC2C1. The lowest BCUT2D eigenvalue weighted by molar-refractivity contribution is -0.819. The Hall–Kier alpha value is -0.460. The maximum Gasteiger partial charge on any atom is 0.512 e. The first kappa shape index (κ1) is 28.8. The number of halogens is 9. The maximum atomic E-state index is 14.7. The molecule has 2 rings (SSSR count). The summed E-state index contributed by atoms with van der Waals surface area (Å²) in [5.41, 5.74) is -6.21. The fourth-order valence-corrected chi connectivity index (χ4v) is 7.86. The van der Waals surface area contributed by atoms with Crippen molar-refractivity contribution in [1.82, 2.24) is 4.13 Å². The molecule has 1 saturated carbocycles. The predicted octanol–water partition coefficient (Wildman–Crippen LogP) is 4.27. The van der Waals surface area contributed by atoms with Crippen LogP contribution in [0.2, 0.25) is 0 Å². The van der Waals surface area contributed by atoms with Gasteiger partial charge in [-0.25, -0.2) is 12.3 Å². The minimum absolute atomic E-state index is 0.00975. The predicted molar refractivity (Wildman–Crippen MR) is 100 cm³/mol. The van der Waals surface area contributed by atoms with Crippen molar-refractivity contribution in [2.24, 2.45) is 11.8 Å². The molecule has 1 N–H and O–H groups in total. The second-order valence-corrected chi connectivity index (χ2v) is 13.2. The highest BCUT2D eigenvalue weighted by Crippen LogP contribution is 2.55. The van der Waals surface area contributed by atoms with Crippen molar-refractivity contribution < 1.29 is 60.2 Å². The lowest BCUT2D eigenvalue weighted by Gasteiger charge is -2.48. The normalized spacial score (nSPS) is 28.4. The van der Waals surface area contributed by atoms with E-state index < -0.39 is 83.4 Å². The van der Waals surface area contributed by atoms with Crippen LogP contribution in [0.3, 0.4) is 0 Å². The summed E-state index contributed by atoms with van der Waals surface area (Å²) in [7, 11) is -13.0. The van der Waals surface area contributed by atoms with E-state index in [4.69, 9.17) is 0 Å². The van der Waals surface area contributed by atoms with Gasteiger partial charge in [0.1, 0.15) is 0 Å². The van der Waals surface area contributed by atoms with Gasteiger partial charge in [0.2, 0.25) is 0 Å². The Kier molecular flexibility index (Phi) is 7.75. The molecule has 2 fully saturated rings. The molecule has 0 spiro atoms. The van der Waals surface area contributed by atoms with E-state index in [-0.39, 0.29) is 16.5 Å². The summed E-state index contributed by atoms with van der Waals surface area (Å²) in [5.74, 6) is -7.18. The van der Waals surface area contributed by atoms with Crippen molar-refractivity contribution in [1.29, 1.82) is 0 Å². The molecule has 0 bridgehead atoms. The van der Waals surface area contributed by atoms with E-state index in [9.17, 15) is 56.3 Å². The van der Waals surface area contributed by atoms with Crippen LogP contribution in [0.25, 0.3) is 0 Å². The molecular weight excluding hydrogens is 539 g/mol. The van der Waals surface area contributed by atoms with Crippen LogP contribution < -0.4 is 4.13 Å². The Morgan fingerprint density at radius 3 is 1.88 bits per heavy atom. The maximum absolute atomic E-state index is 14.7. The molecule has 6 nitrogen and oxygen atoms in total. The van der Waals surface area contributed by atoms with Crippen LogP contribution in [-0.2, 0) is 20.0 Å². The topological polar surface area (TPSA) is 80.3 Å². The Morgan fingerprint density at radius 2 is 1.39 bits per heavy atom. The molecule has 1 aliphatic heterocycles. The second kappa shape index (κ2) is 8.89. The zero-order chi connectivity index (χ0) is 25.7. The fraction of sp³-hybridized carbons (Fsp3) is 1.00. The fourth-order valence-electron chi connectivity index (χ4n) is 4.29. The van der Waals surface area contributed by atoms with Crippen molar-refractivity contribution in [2.45, 2.75) is 61.0 Å². The van der Waals surface area contributed by atoms with E-state index in [1.165, 1.54) is 0 Å². The number of likely N-dealkylation sites (tertiary alicyclic amines) is 1. The molecule has 0 aromatic rings. The first-order chi connectivity index (χ1) is 14.7. The van der Waals surface area contributed by atoms with Crippen LogP contribution in [0.1, 0.15) is 39.0 Å². The Morgan fingerprint density at radius 1 is 0.879 bits per heavy atom. The smallest absolute Gasteiger partial charge is 0.213 e. The molecule has 18 heteroatoms. The van der Waals surface area contributed by atoms with Crippen molar-refractivity contribution in [2.75, 3.05) is 19.6 Å². The molecule has 0 radical (unpaired) electrons. The summed E-state index contributed by atoms with van der Waals surface area (Å²) >= 11 is -2.16. The number of rotatable bonds is 8. The van der Waals surface area contributed by atoms with E-state index in [0.29, 0.717) is 19.3 Å². The van der Waals surface area contributed by atoms with E-state index in [0.717, 1.165) is 13.3 Å². The summed E-state index contributed by atoms with van der Waals surface area (Å²) in [4.78, 5) is 0. The third-order valence-electron chi connectivity index (χ3n) is 6.27. The van der Waals surface area contributed by atoms with Gasteiger partial charge in [0.05, 0.1) is 19.6 Å². The first-order valence-corrected chi connectivity index (χ1v) is 13.4. The molecule has 0 aromatic carbocycles. The molecule has 0 amide bonds. The standard InChI is InChI=1S/C15H22F9N2O4S3/c1-2-26(8-7-10-5-3-4-6-11(10)9-26)33(29,30)14(20,21)12(16,17)13(18,19)31-25-32(27,28)15(22,23)24/h10-11,25H,2-9H2,1H3/q+1. The summed E-state index contributed by atoms with van der Waals surface area (Å²) in [6.45, 7) is -0.518. The summed E-state index contributed by atoms with van der Waals surface area (Å²) in [6, 6.07) is 0. The zero-order valence-corrected chi connectivity index (χ0v) is 19.5. The molecule has 0 aromatic heterocycles. The first-order valence-electron chi connectivity index (χ1n) is 9.69. The van der Waals surface area contributed by atoms with Gasteiger partial charge in [-0.2, -0.15) is 47.9 Å². The highest BCUT2D eigenvalue weighted by Gasteiger charge is 2.82. The van der Waals surface area contributed by atoms with Crippen LogP contribution in [-0.4, -0.2) is 62.3 Å². The van der Waals surface area contributed by atoms with Gasteiger partial charge in [0.25, 0.3) is 0 Å². The summed E-state index contributed by atoms with van der Waals surface area (Å²) in [5, 5.41) is -12.7. The lowest BCUT2D eigenvalue weighted by Crippen LogP contribution is -2.69. The number of nitrogens with zero attached hydrogens (tertiary/aromatic N) is 1. The number of hydrogen-bond acceptors (Lipinski definition) is 5. The second-order valence-electron chi connectivity index (χ2n) is 8.09. The van der Waals surface area contributed by atoms with E-state index >= 15 is 0 Å². The van der Waals surface area contributed by atoms with Crippen LogP contribution in [0.5, 0.6) is 0 Å².